The first kappa shape index (κ1) is 18.5. The molecule has 4 nitrogen and oxygen atoms in total. The number of amides is 1. The summed E-state index contributed by atoms with van der Waals surface area (Å²) in [4.78, 5) is 24.0. The van der Waals surface area contributed by atoms with Crippen molar-refractivity contribution in [2.75, 3.05) is 5.32 Å². The van der Waals surface area contributed by atoms with Gasteiger partial charge in [0.2, 0.25) is 0 Å². The number of anilines is 1. The number of esters is 1. The molecule has 25 heavy (non-hydrogen) atoms. The lowest BCUT2D eigenvalue weighted by molar-refractivity contribution is -0.137. The summed E-state index contributed by atoms with van der Waals surface area (Å²) in [5.74, 6) is -1.41. The fourth-order valence-corrected chi connectivity index (χ4v) is 2.02. The van der Waals surface area contributed by atoms with Crippen LogP contribution >= 0.6 is 0 Å². The predicted octanol–water partition coefficient (Wildman–Crippen LogP) is 4.20. The fourth-order valence-electron chi connectivity index (χ4n) is 2.02. The predicted molar refractivity (Wildman–Crippen MR) is 86.1 cm³/mol. The van der Waals surface area contributed by atoms with Gasteiger partial charge in [-0.05, 0) is 49.7 Å². The van der Waals surface area contributed by atoms with Gasteiger partial charge < -0.3 is 10.1 Å². The molecule has 1 atom stereocenters. The van der Waals surface area contributed by atoms with Crippen molar-refractivity contribution in [3.63, 3.8) is 0 Å². The highest BCUT2D eigenvalue weighted by atomic mass is 19.4. The topological polar surface area (TPSA) is 55.4 Å². The molecule has 0 aliphatic heterocycles. The molecule has 0 heterocycles. The Hall–Kier alpha value is -2.83. The molecular weight excluding hydrogens is 335 g/mol. The Morgan fingerprint density at radius 3 is 2.20 bits per heavy atom. The molecular formula is C18H16F3NO3. The van der Waals surface area contributed by atoms with Crippen molar-refractivity contribution in [2.45, 2.75) is 26.1 Å². The van der Waals surface area contributed by atoms with Gasteiger partial charge >= 0.3 is 12.1 Å². The third-order valence-corrected chi connectivity index (χ3v) is 3.50. The number of nitrogens with one attached hydrogen (secondary N) is 1. The minimum Gasteiger partial charge on any atom is -0.449 e. The standard InChI is InChI=1S/C18H16F3NO3/c1-11-5-3-4-6-15(11)22-16(23)12(2)25-17(24)13-7-9-14(10-8-13)18(19,20)21/h3-10,12H,1-2H3,(H,22,23). The van der Waals surface area contributed by atoms with E-state index < -0.39 is 29.7 Å². The van der Waals surface area contributed by atoms with E-state index >= 15 is 0 Å². The van der Waals surface area contributed by atoms with Gasteiger partial charge in [-0.3, -0.25) is 4.79 Å². The Kier molecular flexibility index (Phi) is 5.46. The van der Waals surface area contributed by atoms with Crippen LogP contribution in [0.1, 0.15) is 28.4 Å². The maximum Gasteiger partial charge on any atom is 0.416 e. The minimum atomic E-state index is -4.48. The lowest BCUT2D eigenvalue weighted by Gasteiger charge is -2.15. The SMILES string of the molecule is Cc1ccccc1NC(=O)C(C)OC(=O)c1ccc(C(F)(F)F)cc1. The molecule has 0 saturated heterocycles. The molecule has 132 valence electrons. The molecule has 1 N–H and O–H groups in total. The number of alkyl halides is 3. The van der Waals surface area contributed by atoms with Gasteiger partial charge in [-0.1, -0.05) is 18.2 Å². The summed E-state index contributed by atoms with van der Waals surface area (Å²) < 4.78 is 42.5. The average molecular weight is 351 g/mol. The Morgan fingerprint density at radius 1 is 1.04 bits per heavy atom. The summed E-state index contributed by atoms with van der Waals surface area (Å²) in [5, 5.41) is 2.63. The first-order chi connectivity index (χ1) is 11.7. The zero-order valence-electron chi connectivity index (χ0n) is 13.6. The summed E-state index contributed by atoms with van der Waals surface area (Å²) in [6.45, 7) is 3.20. The lowest BCUT2D eigenvalue weighted by Crippen LogP contribution is -2.30. The number of aryl methyl sites for hydroxylation is 1. The summed E-state index contributed by atoms with van der Waals surface area (Å²) in [6.07, 6.45) is -5.59. The van der Waals surface area contributed by atoms with E-state index in [0.29, 0.717) is 5.69 Å². The number of carbonyl (C=O) groups excluding carboxylic acids is 2. The number of para-hydroxylation sites is 1. The summed E-state index contributed by atoms with van der Waals surface area (Å²) in [5.41, 5.74) is 0.500. The molecule has 0 radical (unpaired) electrons. The van der Waals surface area contributed by atoms with Gasteiger partial charge in [-0.2, -0.15) is 13.2 Å². The molecule has 0 spiro atoms. The summed E-state index contributed by atoms with van der Waals surface area (Å²) in [7, 11) is 0. The van der Waals surface area contributed by atoms with Crippen LogP contribution in [-0.4, -0.2) is 18.0 Å². The zero-order chi connectivity index (χ0) is 18.6. The van der Waals surface area contributed by atoms with Gasteiger partial charge in [0.25, 0.3) is 5.91 Å². The van der Waals surface area contributed by atoms with Crippen LogP contribution in [0.4, 0.5) is 18.9 Å². The largest absolute Gasteiger partial charge is 0.449 e. The molecule has 2 aromatic rings. The van der Waals surface area contributed by atoms with Gasteiger partial charge in [0.15, 0.2) is 6.10 Å². The van der Waals surface area contributed by atoms with E-state index in [1.807, 2.05) is 19.1 Å². The summed E-state index contributed by atoms with van der Waals surface area (Å²) in [6, 6.07) is 10.7. The number of hydrogen-bond acceptors (Lipinski definition) is 3. The van der Waals surface area contributed by atoms with Gasteiger partial charge in [-0.25, -0.2) is 4.79 Å². The molecule has 0 aromatic heterocycles. The van der Waals surface area contributed by atoms with E-state index in [2.05, 4.69) is 5.32 Å². The number of halogens is 3. The quantitative estimate of drug-likeness (QED) is 0.840. The maximum absolute atomic E-state index is 12.5. The van der Waals surface area contributed by atoms with Gasteiger partial charge in [0.1, 0.15) is 0 Å². The lowest BCUT2D eigenvalue weighted by atomic mass is 10.1. The van der Waals surface area contributed by atoms with Crippen molar-refractivity contribution in [1.82, 2.24) is 0 Å². The normalized spacial score (nSPS) is 12.4. The van der Waals surface area contributed by atoms with Gasteiger partial charge in [0, 0.05) is 5.69 Å². The molecule has 0 saturated carbocycles. The van der Waals surface area contributed by atoms with Crippen molar-refractivity contribution in [2.24, 2.45) is 0 Å². The second kappa shape index (κ2) is 7.38. The maximum atomic E-state index is 12.5. The van der Waals surface area contributed by atoms with E-state index in [1.54, 1.807) is 12.1 Å². The second-order valence-corrected chi connectivity index (χ2v) is 5.43. The molecule has 0 fully saturated rings. The Bertz CT molecular complexity index is 770. The molecule has 0 aliphatic rings. The van der Waals surface area contributed by atoms with Crippen LogP contribution < -0.4 is 5.32 Å². The first-order valence-electron chi connectivity index (χ1n) is 7.43. The highest BCUT2D eigenvalue weighted by molar-refractivity contribution is 5.97. The number of hydrogen-bond donors (Lipinski definition) is 1. The van der Waals surface area contributed by atoms with Gasteiger partial charge in [-0.15, -0.1) is 0 Å². The third-order valence-electron chi connectivity index (χ3n) is 3.50. The Balaban J connectivity index is 1.99. The van der Waals surface area contributed by atoms with Crippen LogP contribution in [0.15, 0.2) is 48.5 Å². The molecule has 1 amide bonds. The van der Waals surface area contributed by atoms with Crippen LogP contribution in [0.5, 0.6) is 0 Å². The molecule has 0 aliphatic carbocycles. The van der Waals surface area contributed by atoms with E-state index in [-0.39, 0.29) is 5.56 Å². The van der Waals surface area contributed by atoms with Crippen molar-refractivity contribution in [3.8, 4) is 0 Å². The molecule has 1 unspecified atom stereocenters. The van der Waals surface area contributed by atoms with Crippen molar-refractivity contribution in [3.05, 3.63) is 65.2 Å². The van der Waals surface area contributed by atoms with Crippen LogP contribution in [0.25, 0.3) is 0 Å². The molecule has 7 heteroatoms. The minimum absolute atomic E-state index is 0.0662. The average Bonchev–Trinajstić information content (AvgIpc) is 2.56. The third kappa shape index (κ3) is 4.82. The number of rotatable bonds is 4. The van der Waals surface area contributed by atoms with Crippen LogP contribution in [0, 0.1) is 6.92 Å². The van der Waals surface area contributed by atoms with Crippen molar-refractivity contribution in [1.29, 1.82) is 0 Å². The fraction of sp³-hybridized carbons (Fsp3) is 0.222. The monoisotopic (exact) mass is 351 g/mol. The van der Waals surface area contributed by atoms with E-state index in [0.717, 1.165) is 29.8 Å². The summed E-state index contributed by atoms with van der Waals surface area (Å²) >= 11 is 0. The van der Waals surface area contributed by atoms with Crippen LogP contribution in [-0.2, 0) is 15.7 Å². The van der Waals surface area contributed by atoms with Gasteiger partial charge in [0.05, 0.1) is 11.1 Å². The molecule has 2 aromatic carbocycles. The van der Waals surface area contributed by atoms with Crippen LogP contribution in [0.3, 0.4) is 0 Å². The number of ether oxygens (including phenoxy) is 1. The van der Waals surface area contributed by atoms with Crippen molar-refractivity contribution < 1.29 is 27.5 Å². The van der Waals surface area contributed by atoms with E-state index in [4.69, 9.17) is 4.74 Å². The highest BCUT2D eigenvalue weighted by Crippen LogP contribution is 2.29. The first-order valence-corrected chi connectivity index (χ1v) is 7.43. The zero-order valence-corrected chi connectivity index (χ0v) is 13.6. The van der Waals surface area contributed by atoms with Crippen LogP contribution in [0.2, 0.25) is 0 Å². The Morgan fingerprint density at radius 2 is 1.64 bits per heavy atom. The Labute approximate surface area is 142 Å². The molecule has 0 bridgehead atoms. The molecule has 2 rings (SSSR count). The highest BCUT2D eigenvalue weighted by Gasteiger charge is 2.30. The smallest absolute Gasteiger partial charge is 0.416 e. The number of carbonyl (C=O) groups is 2. The van der Waals surface area contributed by atoms with Crippen molar-refractivity contribution >= 4 is 17.6 Å². The number of benzene rings is 2. The van der Waals surface area contributed by atoms with E-state index in [9.17, 15) is 22.8 Å². The van der Waals surface area contributed by atoms with E-state index in [1.165, 1.54) is 6.92 Å². The second-order valence-electron chi connectivity index (χ2n) is 5.43.